The van der Waals surface area contributed by atoms with Crippen molar-refractivity contribution in [2.45, 2.75) is 50.5 Å². The molecule has 1 aromatic rings. The summed E-state index contributed by atoms with van der Waals surface area (Å²) in [5.74, 6) is -0.352. The van der Waals surface area contributed by atoms with Gasteiger partial charge in [0.15, 0.2) is 0 Å². The molecule has 4 rings (SSSR count). The molecule has 5 heteroatoms. The summed E-state index contributed by atoms with van der Waals surface area (Å²) in [7, 11) is 0. The highest BCUT2D eigenvalue weighted by atomic mass is 32.1. The summed E-state index contributed by atoms with van der Waals surface area (Å²) >= 11 is 1.36. The third-order valence-corrected chi connectivity index (χ3v) is 5.83. The van der Waals surface area contributed by atoms with E-state index in [4.69, 9.17) is 10.5 Å². The summed E-state index contributed by atoms with van der Waals surface area (Å²) in [6.45, 7) is 4.29. The van der Waals surface area contributed by atoms with E-state index in [0.29, 0.717) is 17.2 Å². The highest BCUT2D eigenvalue weighted by molar-refractivity contribution is 7.16. The lowest BCUT2D eigenvalue weighted by atomic mass is 9.58. The monoisotopic (exact) mass is 281 g/mol. The summed E-state index contributed by atoms with van der Waals surface area (Å²) in [5, 5.41) is 11.2. The highest BCUT2D eigenvalue weighted by Crippen LogP contribution is 2.59. The first-order chi connectivity index (χ1) is 8.91. The van der Waals surface area contributed by atoms with Gasteiger partial charge in [0.2, 0.25) is 0 Å². The number of hydrogen-bond acceptors (Lipinski definition) is 5. The van der Waals surface area contributed by atoms with Crippen molar-refractivity contribution >= 4 is 22.3 Å². The number of esters is 1. The first-order valence-corrected chi connectivity index (χ1v) is 7.56. The number of nitrogens with two attached hydrogens (primary N) is 1. The van der Waals surface area contributed by atoms with E-state index in [0.717, 1.165) is 36.1 Å². The van der Waals surface area contributed by atoms with Gasteiger partial charge < -0.3 is 15.6 Å². The number of rotatable bonds is 2. The van der Waals surface area contributed by atoms with E-state index in [1.807, 2.05) is 0 Å². The molecular weight excluding hydrogens is 262 g/mol. The van der Waals surface area contributed by atoms with Gasteiger partial charge in [0.05, 0.1) is 17.8 Å². The van der Waals surface area contributed by atoms with Crippen molar-refractivity contribution < 1.29 is 14.6 Å². The predicted molar refractivity (Wildman–Crippen MR) is 74.4 cm³/mol. The molecule has 4 nitrogen and oxygen atoms in total. The molecule has 104 valence electrons. The normalized spacial score (nSPS) is 32.2. The quantitative estimate of drug-likeness (QED) is 0.817. The van der Waals surface area contributed by atoms with Crippen LogP contribution in [0.15, 0.2) is 0 Å². The van der Waals surface area contributed by atoms with Crippen molar-refractivity contribution in [3.8, 4) is 0 Å². The molecule has 1 heterocycles. The van der Waals surface area contributed by atoms with Crippen LogP contribution in [0.5, 0.6) is 0 Å². The number of hydrogen-bond donors (Lipinski definition) is 2. The predicted octanol–water partition coefficient (Wildman–Crippen LogP) is 2.54. The van der Waals surface area contributed by atoms with Crippen LogP contribution in [0.3, 0.4) is 0 Å². The Morgan fingerprint density at radius 2 is 2.05 bits per heavy atom. The Morgan fingerprint density at radius 3 is 2.63 bits per heavy atom. The van der Waals surface area contributed by atoms with Crippen LogP contribution in [-0.4, -0.2) is 17.7 Å². The molecule has 2 bridgehead atoms. The molecule has 0 aliphatic heterocycles. The van der Waals surface area contributed by atoms with Crippen molar-refractivity contribution in [3.05, 3.63) is 16.0 Å². The molecule has 3 aliphatic rings. The third kappa shape index (κ3) is 1.64. The van der Waals surface area contributed by atoms with Crippen LogP contribution in [0.2, 0.25) is 0 Å². The fourth-order valence-electron chi connectivity index (χ4n) is 3.45. The molecule has 1 saturated carbocycles. The maximum absolute atomic E-state index is 12.1. The van der Waals surface area contributed by atoms with Gasteiger partial charge in [-0.1, -0.05) is 6.92 Å². The molecule has 3 aliphatic carbocycles. The lowest BCUT2D eigenvalue weighted by molar-refractivity contribution is -0.0333. The topological polar surface area (TPSA) is 72.5 Å². The Labute approximate surface area is 116 Å². The molecule has 3 N–H and O–H groups in total. The smallest absolute Gasteiger partial charge is 0.341 e. The number of ether oxygens (including phenoxy) is 1. The summed E-state index contributed by atoms with van der Waals surface area (Å²) in [6.07, 6.45) is 3.33. The van der Waals surface area contributed by atoms with Crippen LogP contribution in [0.1, 0.15) is 60.3 Å². The molecule has 0 amide bonds. The maximum Gasteiger partial charge on any atom is 0.341 e. The van der Waals surface area contributed by atoms with Gasteiger partial charge in [-0.05, 0) is 43.6 Å². The maximum atomic E-state index is 12.1. The minimum Gasteiger partial charge on any atom is -0.462 e. The largest absolute Gasteiger partial charge is 0.462 e. The third-order valence-electron chi connectivity index (χ3n) is 4.62. The number of carbonyl (C=O) groups excluding carboxylic acids is 1. The Morgan fingerprint density at radius 1 is 1.42 bits per heavy atom. The van der Waals surface area contributed by atoms with Crippen molar-refractivity contribution in [1.82, 2.24) is 0 Å². The molecule has 19 heavy (non-hydrogen) atoms. The standard InChI is InChI=1S/C14H19NO3S/c1-3-18-12(16)8-9-10(19-11(8)15)14(17)6-4-13(9,2)5-7-14/h17H,3-7,15H2,1-2H3. The Kier molecular flexibility index (Phi) is 2.70. The number of anilines is 1. The van der Waals surface area contributed by atoms with Crippen LogP contribution in [-0.2, 0) is 15.8 Å². The number of aliphatic hydroxyl groups is 1. The van der Waals surface area contributed by atoms with Gasteiger partial charge in [0.25, 0.3) is 0 Å². The molecule has 0 spiro atoms. The van der Waals surface area contributed by atoms with Crippen LogP contribution >= 0.6 is 11.3 Å². The Balaban J connectivity index is 2.20. The fourth-order valence-corrected chi connectivity index (χ4v) is 4.80. The van der Waals surface area contributed by atoms with Gasteiger partial charge in [-0.15, -0.1) is 11.3 Å². The van der Waals surface area contributed by atoms with Gasteiger partial charge in [-0.3, -0.25) is 0 Å². The summed E-state index contributed by atoms with van der Waals surface area (Å²) in [5.41, 5.74) is 6.66. The number of thiophene rings is 1. The first-order valence-electron chi connectivity index (χ1n) is 6.74. The minimum absolute atomic E-state index is 0.0456. The SMILES string of the molecule is CCOC(=O)c1c(N)sc2c1C1(C)CCC2(O)CC1. The molecule has 0 aromatic carbocycles. The molecule has 0 radical (unpaired) electrons. The van der Waals surface area contributed by atoms with Crippen molar-refractivity contribution in [3.63, 3.8) is 0 Å². The van der Waals surface area contributed by atoms with Crippen LogP contribution < -0.4 is 5.73 Å². The van der Waals surface area contributed by atoms with Crippen molar-refractivity contribution in [1.29, 1.82) is 0 Å². The van der Waals surface area contributed by atoms with E-state index >= 15 is 0 Å². The van der Waals surface area contributed by atoms with E-state index in [1.54, 1.807) is 6.92 Å². The van der Waals surface area contributed by atoms with Gasteiger partial charge in [-0.2, -0.15) is 0 Å². The average Bonchev–Trinajstić information content (AvgIpc) is 2.73. The van der Waals surface area contributed by atoms with E-state index in [9.17, 15) is 9.90 Å². The molecule has 0 unspecified atom stereocenters. The number of fused-ring (bicyclic) bond motifs is 2. The van der Waals surface area contributed by atoms with Crippen LogP contribution in [0.25, 0.3) is 0 Å². The van der Waals surface area contributed by atoms with Crippen LogP contribution in [0.4, 0.5) is 5.00 Å². The van der Waals surface area contributed by atoms with Gasteiger partial charge in [0, 0.05) is 4.88 Å². The Bertz CT molecular complexity index is 541. The van der Waals surface area contributed by atoms with E-state index < -0.39 is 5.60 Å². The second kappa shape index (κ2) is 3.96. The van der Waals surface area contributed by atoms with E-state index in [1.165, 1.54) is 11.3 Å². The molecular formula is C14H19NO3S. The number of carbonyl (C=O) groups is 1. The van der Waals surface area contributed by atoms with Crippen LogP contribution in [0, 0.1) is 0 Å². The average molecular weight is 281 g/mol. The second-order valence-corrected chi connectivity index (χ2v) is 6.91. The summed E-state index contributed by atoms with van der Waals surface area (Å²) in [4.78, 5) is 13.0. The Hall–Kier alpha value is -1.07. The summed E-state index contributed by atoms with van der Waals surface area (Å²) < 4.78 is 5.12. The van der Waals surface area contributed by atoms with E-state index in [-0.39, 0.29) is 11.4 Å². The van der Waals surface area contributed by atoms with Gasteiger partial charge in [0.1, 0.15) is 5.00 Å². The van der Waals surface area contributed by atoms with E-state index in [2.05, 4.69) is 6.92 Å². The fraction of sp³-hybridized carbons (Fsp3) is 0.643. The van der Waals surface area contributed by atoms with Crippen molar-refractivity contribution in [2.24, 2.45) is 0 Å². The zero-order valence-electron chi connectivity index (χ0n) is 11.3. The zero-order chi connectivity index (χ0) is 13.8. The first kappa shape index (κ1) is 12.9. The van der Waals surface area contributed by atoms with Crippen molar-refractivity contribution in [2.75, 3.05) is 12.3 Å². The number of nitrogen functional groups attached to an aromatic ring is 1. The zero-order valence-corrected chi connectivity index (χ0v) is 12.1. The highest BCUT2D eigenvalue weighted by Gasteiger charge is 2.53. The molecule has 1 fully saturated rings. The van der Waals surface area contributed by atoms with Gasteiger partial charge >= 0.3 is 5.97 Å². The summed E-state index contributed by atoms with van der Waals surface area (Å²) in [6, 6.07) is 0. The molecule has 1 aromatic heterocycles. The van der Waals surface area contributed by atoms with Gasteiger partial charge in [-0.25, -0.2) is 4.79 Å². The molecule has 0 saturated heterocycles. The second-order valence-electron chi connectivity index (χ2n) is 5.86. The molecule has 0 atom stereocenters. The lowest BCUT2D eigenvalue weighted by Gasteiger charge is -2.49. The minimum atomic E-state index is -0.781. The lowest BCUT2D eigenvalue weighted by Crippen LogP contribution is -2.45.